The van der Waals surface area contributed by atoms with Crippen LogP contribution in [0.15, 0.2) is 52.8 Å². The third kappa shape index (κ3) is 3.23. The summed E-state index contributed by atoms with van der Waals surface area (Å²) in [6, 6.07) is 10.4. The maximum absolute atomic E-state index is 14.0. The number of amides is 2. The quantitative estimate of drug-likeness (QED) is 0.862. The number of aliphatic imine (C=N–C) groups is 1. The highest BCUT2D eigenvalue weighted by Crippen LogP contribution is 2.39. The molecule has 5 nitrogen and oxygen atoms in total. The van der Waals surface area contributed by atoms with Crippen LogP contribution in [0.2, 0.25) is 0 Å². The second-order valence-electron chi connectivity index (χ2n) is 6.21. The van der Waals surface area contributed by atoms with Gasteiger partial charge in [-0.1, -0.05) is 36.4 Å². The first-order valence-corrected chi connectivity index (χ1v) is 8.97. The third-order valence-corrected chi connectivity index (χ3v) is 4.90. The fourth-order valence-corrected chi connectivity index (χ4v) is 3.39. The van der Waals surface area contributed by atoms with E-state index in [4.69, 9.17) is 0 Å². The minimum absolute atomic E-state index is 0.0610. The Hall–Kier alpha value is -2.68. The minimum atomic E-state index is -5.11. The summed E-state index contributed by atoms with van der Waals surface area (Å²) in [5.74, 6) is -2.45. The highest BCUT2D eigenvalue weighted by molar-refractivity contribution is 7.12. The number of nitrogens with zero attached hydrogens (tertiary/aromatic N) is 2. The van der Waals surface area contributed by atoms with Gasteiger partial charge in [0.05, 0.1) is 4.88 Å². The minimum Gasteiger partial charge on any atom is -0.311 e. The molecule has 0 bridgehead atoms. The summed E-state index contributed by atoms with van der Waals surface area (Å²) in [6.45, 7) is 3.17. The third-order valence-electron chi connectivity index (χ3n) is 4.03. The average Bonchev–Trinajstić information content (AvgIpc) is 3.23. The van der Waals surface area contributed by atoms with Crippen molar-refractivity contribution in [1.29, 1.82) is 0 Å². The summed E-state index contributed by atoms with van der Waals surface area (Å²) in [5, 5.41) is 3.40. The van der Waals surface area contributed by atoms with Crippen LogP contribution >= 0.6 is 11.3 Å². The number of carbonyl (C=O) groups is 2. The number of amidine groups is 1. The van der Waals surface area contributed by atoms with Crippen LogP contribution in [0.25, 0.3) is 0 Å². The number of thiophene rings is 1. The largest absolute Gasteiger partial charge is 0.442 e. The lowest BCUT2D eigenvalue weighted by Gasteiger charge is -2.30. The average molecular weight is 395 g/mol. The van der Waals surface area contributed by atoms with Crippen molar-refractivity contribution in [2.45, 2.75) is 31.7 Å². The number of nitrogens with one attached hydrogen (secondary N) is 1. The molecule has 0 fully saturated rings. The number of alkyl halides is 3. The van der Waals surface area contributed by atoms with Crippen molar-refractivity contribution >= 4 is 29.0 Å². The first-order chi connectivity index (χ1) is 12.7. The Bertz CT molecular complexity index is 879. The zero-order chi connectivity index (χ0) is 19.8. The molecule has 0 unspecified atom stereocenters. The van der Waals surface area contributed by atoms with E-state index in [-0.39, 0.29) is 10.7 Å². The highest BCUT2D eigenvalue weighted by Gasteiger charge is 2.67. The molecule has 1 aliphatic rings. The molecule has 1 aromatic carbocycles. The zero-order valence-corrected chi connectivity index (χ0v) is 15.3. The van der Waals surface area contributed by atoms with Crippen LogP contribution in [0.5, 0.6) is 0 Å². The van der Waals surface area contributed by atoms with Gasteiger partial charge in [-0.25, -0.2) is 4.99 Å². The summed E-state index contributed by atoms with van der Waals surface area (Å²) in [7, 11) is 0. The number of halogens is 3. The molecule has 3 rings (SSSR count). The zero-order valence-electron chi connectivity index (χ0n) is 14.4. The summed E-state index contributed by atoms with van der Waals surface area (Å²) >= 11 is 0.976. The molecule has 1 aliphatic heterocycles. The standard InChI is InChI=1S/C18H16F3N3O2S/c1-11(2)24-14(12-7-4-3-5-8-12)22-17(16(24)26,18(19,20)21)23-15(25)13-9-6-10-27-13/h3-11H,1-2H3,(H,23,25)/t17-/m1/s1. The Morgan fingerprint density at radius 1 is 1.19 bits per heavy atom. The molecule has 2 aromatic rings. The van der Waals surface area contributed by atoms with Crippen molar-refractivity contribution in [3.05, 3.63) is 58.3 Å². The van der Waals surface area contributed by atoms with Gasteiger partial charge in [0.25, 0.3) is 11.8 Å². The molecule has 2 amide bonds. The number of rotatable bonds is 4. The predicted octanol–water partition coefficient (Wildman–Crippen LogP) is 3.43. The Balaban J connectivity index is 2.13. The molecular formula is C18H16F3N3O2S. The molecular weight excluding hydrogens is 379 g/mol. The van der Waals surface area contributed by atoms with Gasteiger partial charge in [-0.2, -0.15) is 13.2 Å². The number of hydrogen-bond donors (Lipinski definition) is 1. The Kier molecular flexibility index (Phi) is 4.81. The van der Waals surface area contributed by atoms with E-state index in [0.29, 0.717) is 5.56 Å². The van der Waals surface area contributed by atoms with Gasteiger partial charge in [-0.15, -0.1) is 11.3 Å². The van der Waals surface area contributed by atoms with Gasteiger partial charge in [-0.3, -0.25) is 14.5 Å². The topological polar surface area (TPSA) is 61.8 Å². The van der Waals surface area contributed by atoms with E-state index in [1.165, 1.54) is 12.1 Å². The van der Waals surface area contributed by atoms with Crippen molar-refractivity contribution in [3.8, 4) is 0 Å². The lowest BCUT2D eigenvalue weighted by atomic mass is 10.1. The molecule has 0 saturated heterocycles. The molecule has 0 radical (unpaired) electrons. The lowest BCUT2D eigenvalue weighted by molar-refractivity contribution is -0.196. The first-order valence-electron chi connectivity index (χ1n) is 8.09. The Morgan fingerprint density at radius 3 is 2.37 bits per heavy atom. The van der Waals surface area contributed by atoms with Crippen LogP contribution in [-0.4, -0.2) is 40.4 Å². The number of hydrogen-bond acceptors (Lipinski definition) is 4. The van der Waals surface area contributed by atoms with Crippen molar-refractivity contribution in [2.24, 2.45) is 4.99 Å². The molecule has 0 spiro atoms. The van der Waals surface area contributed by atoms with Crippen LogP contribution in [-0.2, 0) is 4.79 Å². The van der Waals surface area contributed by atoms with Crippen LogP contribution in [0.1, 0.15) is 29.1 Å². The predicted molar refractivity (Wildman–Crippen MR) is 95.5 cm³/mol. The van der Waals surface area contributed by atoms with Crippen molar-refractivity contribution < 1.29 is 22.8 Å². The summed E-state index contributed by atoms with van der Waals surface area (Å²) < 4.78 is 42.1. The molecule has 9 heteroatoms. The van der Waals surface area contributed by atoms with Crippen LogP contribution in [0.3, 0.4) is 0 Å². The van der Waals surface area contributed by atoms with E-state index in [1.807, 2.05) is 5.32 Å². The summed E-state index contributed by atoms with van der Waals surface area (Å²) in [5.41, 5.74) is -3.00. The number of carbonyl (C=O) groups excluding carboxylic acids is 2. The smallest absolute Gasteiger partial charge is 0.311 e. The van der Waals surface area contributed by atoms with Crippen LogP contribution in [0, 0.1) is 0 Å². The van der Waals surface area contributed by atoms with Gasteiger partial charge < -0.3 is 5.32 Å². The van der Waals surface area contributed by atoms with E-state index >= 15 is 0 Å². The summed E-state index contributed by atoms with van der Waals surface area (Å²) in [4.78, 5) is 30.0. The summed E-state index contributed by atoms with van der Waals surface area (Å²) in [6.07, 6.45) is -5.11. The van der Waals surface area contributed by atoms with Gasteiger partial charge in [-0.05, 0) is 25.3 Å². The highest BCUT2D eigenvalue weighted by atomic mass is 32.1. The SMILES string of the molecule is CC(C)N1C(=O)[C@@](NC(=O)c2cccs2)(C(F)(F)F)N=C1c1ccccc1. The normalized spacial score (nSPS) is 20.1. The lowest BCUT2D eigenvalue weighted by Crippen LogP contribution is -2.63. The Labute approximate surface area is 157 Å². The van der Waals surface area contributed by atoms with Gasteiger partial charge >= 0.3 is 11.8 Å². The molecule has 0 aliphatic carbocycles. The molecule has 2 heterocycles. The Morgan fingerprint density at radius 2 is 1.85 bits per heavy atom. The molecule has 27 heavy (non-hydrogen) atoms. The molecule has 142 valence electrons. The van der Waals surface area contributed by atoms with E-state index < -0.39 is 29.7 Å². The van der Waals surface area contributed by atoms with Crippen molar-refractivity contribution in [2.75, 3.05) is 0 Å². The van der Waals surface area contributed by atoms with Crippen molar-refractivity contribution in [1.82, 2.24) is 10.2 Å². The van der Waals surface area contributed by atoms with Crippen LogP contribution < -0.4 is 5.32 Å². The molecule has 1 N–H and O–H groups in total. The van der Waals surface area contributed by atoms with E-state index in [2.05, 4.69) is 4.99 Å². The maximum Gasteiger partial charge on any atom is 0.442 e. The molecule has 1 aromatic heterocycles. The van der Waals surface area contributed by atoms with Gasteiger partial charge in [0.1, 0.15) is 5.84 Å². The molecule has 0 saturated carbocycles. The first kappa shape index (κ1) is 19.1. The molecule has 1 atom stereocenters. The monoisotopic (exact) mass is 395 g/mol. The van der Waals surface area contributed by atoms with E-state index in [1.54, 1.807) is 49.6 Å². The van der Waals surface area contributed by atoms with Gasteiger partial charge in [0.2, 0.25) is 0 Å². The van der Waals surface area contributed by atoms with E-state index in [9.17, 15) is 22.8 Å². The van der Waals surface area contributed by atoms with Gasteiger partial charge in [0, 0.05) is 11.6 Å². The van der Waals surface area contributed by atoms with Crippen molar-refractivity contribution in [3.63, 3.8) is 0 Å². The van der Waals surface area contributed by atoms with Gasteiger partial charge in [0.15, 0.2) is 0 Å². The second-order valence-corrected chi connectivity index (χ2v) is 7.16. The fraction of sp³-hybridized carbons (Fsp3) is 0.278. The van der Waals surface area contributed by atoms with E-state index in [0.717, 1.165) is 16.2 Å². The second kappa shape index (κ2) is 6.80. The number of benzene rings is 1. The maximum atomic E-state index is 14.0. The van der Waals surface area contributed by atoms with Crippen LogP contribution in [0.4, 0.5) is 13.2 Å². The fourth-order valence-electron chi connectivity index (χ4n) is 2.77.